The van der Waals surface area contributed by atoms with Crippen LogP contribution < -0.4 is 10.0 Å². The number of sulfonamides is 1. The van der Waals surface area contributed by atoms with Gasteiger partial charge in [-0.3, -0.25) is 9.52 Å². The van der Waals surface area contributed by atoms with Gasteiger partial charge in [0.15, 0.2) is 5.82 Å². The van der Waals surface area contributed by atoms with E-state index in [9.17, 15) is 13.2 Å². The van der Waals surface area contributed by atoms with Crippen LogP contribution in [0.2, 0.25) is 0 Å². The van der Waals surface area contributed by atoms with Gasteiger partial charge >= 0.3 is 0 Å². The van der Waals surface area contributed by atoms with E-state index in [2.05, 4.69) is 20.2 Å². The van der Waals surface area contributed by atoms with Crippen LogP contribution in [0.5, 0.6) is 0 Å². The first-order valence-corrected chi connectivity index (χ1v) is 10.4. The number of hydrogen-bond acceptors (Lipinski definition) is 5. The number of anilines is 2. The second-order valence-electron chi connectivity index (χ2n) is 6.49. The van der Waals surface area contributed by atoms with Gasteiger partial charge in [-0.15, -0.1) is 10.2 Å². The number of nitrogens with one attached hydrogen (secondary N) is 2. The highest BCUT2D eigenvalue weighted by molar-refractivity contribution is 7.92. The third kappa shape index (κ3) is 3.48. The van der Waals surface area contributed by atoms with Gasteiger partial charge in [0, 0.05) is 29.9 Å². The van der Waals surface area contributed by atoms with Crippen molar-refractivity contribution in [2.75, 3.05) is 10.0 Å². The van der Waals surface area contributed by atoms with E-state index in [-0.39, 0.29) is 10.8 Å². The lowest BCUT2D eigenvalue weighted by atomic mass is 10.0. The lowest BCUT2D eigenvalue weighted by molar-refractivity contribution is -0.116. The number of carbonyl (C=O) groups is 1. The summed E-state index contributed by atoms with van der Waals surface area (Å²) in [7, 11) is -3.77. The van der Waals surface area contributed by atoms with Gasteiger partial charge in [0.2, 0.25) is 5.91 Å². The molecule has 0 bridgehead atoms. The molecule has 0 radical (unpaired) electrons. The van der Waals surface area contributed by atoms with Crippen molar-refractivity contribution in [2.45, 2.75) is 31.2 Å². The molecule has 1 aromatic heterocycles. The van der Waals surface area contributed by atoms with E-state index in [0.717, 1.165) is 11.1 Å². The van der Waals surface area contributed by atoms with Crippen LogP contribution in [0.25, 0.3) is 11.4 Å². The SMILES string of the molecule is CCn1cnnc1-c1cccc(NS(=O)(=O)c2ccc3c(c2)CCC(=O)N3)c1. The third-order valence-corrected chi connectivity index (χ3v) is 5.99. The fraction of sp³-hybridized carbons (Fsp3) is 0.211. The van der Waals surface area contributed by atoms with Gasteiger partial charge in [0.1, 0.15) is 6.33 Å². The van der Waals surface area contributed by atoms with Gasteiger partial charge in [0.25, 0.3) is 10.0 Å². The molecule has 0 saturated carbocycles. The Labute approximate surface area is 162 Å². The Balaban J connectivity index is 1.62. The summed E-state index contributed by atoms with van der Waals surface area (Å²) in [4.78, 5) is 11.6. The Morgan fingerprint density at radius 2 is 2.04 bits per heavy atom. The van der Waals surface area contributed by atoms with Gasteiger partial charge in [-0.1, -0.05) is 12.1 Å². The maximum Gasteiger partial charge on any atom is 0.261 e. The fourth-order valence-electron chi connectivity index (χ4n) is 3.17. The molecule has 28 heavy (non-hydrogen) atoms. The van der Waals surface area contributed by atoms with Crippen molar-refractivity contribution in [3.63, 3.8) is 0 Å². The largest absolute Gasteiger partial charge is 0.326 e. The first-order chi connectivity index (χ1) is 13.5. The minimum Gasteiger partial charge on any atom is -0.326 e. The first kappa shape index (κ1) is 18.2. The van der Waals surface area contributed by atoms with Crippen molar-refractivity contribution in [1.82, 2.24) is 14.8 Å². The maximum absolute atomic E-state index is 12.8. The van der Waals surface area contributed by atoms with Crippen LogP contribution in [-0.4, -0.2) is 29.1 Å². The molecule has 0 saturated heterocycles. The second-order valence-corrected chi connectivity index (χ2v) is 8.18. The summed E-state index contributed by atoms with van der Waals surface area (Å²) in [5.41, 5.74) is 2.69. The molecule has 1 amide bonds. The lowest BCUT2D eigenvalue weighted by Crippen LogP contribution is -2.20. The molecule has 9 heteroatoms. The minimum atomic E-state index is -3.77. The molecule has 3 aromatic rings. The molecule has 0 atom stereocenters. The van der Waals surface area contributed by atoms with Crippen LogP contribution in [0.15, 0.2) is 53.7 Å². The average molecular weight is 397 g/mol. The number of rotatable bonds is 5. The summed E-state index contributed by atoms with van der Waals surface area (Å²) in [5.74, 6) is 0.617. The predicted octanol–water partition coefficient (Wildman–Crippen LogP) is 2.65. The number of aryl methyl sites for hydroxylation is 2. The Morgan fingerprint density at radius 3 is 2.86 bits per heavy atom. The van der Waals surface area contributed by atoms with E-state index in [1.807, 2.05) is 17.6 Å². The number of carbonyl (C=O) groups excluding carboxylic acids is 1. The molecule has 0 fully saturated rings. The fourth-order valence-corrected chi connectivity index (χ4v) is 4.27. The van der Waals surface area contributed by atoms with Crippen molar-refractivity contribution < 1.29 is 13.2 Å². The highest BCUT2D eigenvalue weighted by atomic mass is 32.2. The third-order valence-electron chi connectivity index (χ3n) is 4.61. The van der Waals surface area contributed by atoms with Crippen LogP contribution in [0.3, 0.4) is 0 Å². The summed E-state index contributed by atoms with van der Waals surface area (Å²) < 4.78 is 30.2. The lowest BCUT2D eigenvalue weighted by Gasteiger charge is -2.18. The molecule has 0 unspecified atom stereocenters. The molecule has 4 rings (SSSR count). The molecular formula is C19H19N5O3S. The quantitative estimate of drug-likeness (QED) is 0.688. The molecule has 2 aromatic carbocycles. The topological polar surface area (TPSA) is 106 Å². The van der Waals surface area contributed by atoms with E-state index in [1.165, 1.54) is 6.07 Å². The molecule has 0 aliphatic carbocycles. The number of aromatic nitrogens is 3. The Hall–Kier alpha value is -3.20. The number of fused-ring (bicyclic) bond motifs is 1. The summed E-state index contributed by atoms with van der Waals surface area (Å²) in [5, 5.41) is 10.8. The van der Waals surface area contributed by atoms with Crippen molar-refractivity contribution in [3.8, 4) is 11.4 Å². The maximum atomic E-state index is 12.8. The number of hydrogen-bond donors (Lipinski definition) is 2. The van der Waals surface area contributed by atoms with Crippen LogP contribution >= 0.6 is 0 Å². The number of amides is 1. The van der Waals surface area contributed by atoms with Gasteiger partial charge in [-0.05, 0) is 49.2 Å². The van der Waals surface area contributed by atoms with Crippen LogP contribution in [0.4, 0.5) is 11.4 Å². The average Bonchev–Trinajstić information content (AvgIpc) is 3.16. The van der Waals surface area contributed by atoms with E-state index in [0.29, 0.717) is 36.6 Å². The van der Waals surface area contributed by atoms with Crippen molar-refractivity contribution >= 4 is 27.3 Å². The van der Waals surface area contributed by atoms with Crippen LogP contribution in [0, 0.1) is 0 Å². The molecule has 2 heterocycles. The van der Waals surface area contributed by atoms with Crippen molar-refractivity contribution in [1.29, 1.82) is 0 Å². The molecule has 8 nitrogen and oxygen atoms in total. The van der Waals surface area contributed by atoms with Crippen molar-refractivity contribution in [3.05, 3.63) is 54.4 Å². The Kier molecular flexibility index (Phi) is 4.60. The summed E-state index contributed by atoms with van der Waals surface area (Å²) in [6.07, 6.45) is 2.51. The Bertz CT molecular complexity index is 1150. The molecule has 2 N–H and O–H groups in total. The normalized spacial score (nSPS) is 13.7. The van der Waals surface area contributed by atoms with Gasteiger partial charge in [-0.2, -0.15) is 0 Å². The monoisotopic (exact) mass is 397 g/mol. The van der Waals surface area contributed by atoms with Crippen molar-refractivity contribution in [2.24, 2.45) is 0 Å². The second kappa shape index (κ2) is 7.08. The highest BCUT2D eigenvalue weighted by Gasteiger charge is 2.20. The van der Waals surface area contributed by atoms with Gasteiger partial charge in [0.05, 0.1) is 4.90 Å². The Morgan fingerprint density at radius 1 is 1.18 bits per heavy atom. The minimum absolute atomic E-state index is 0.0574. The number of benzene rings is 2. The molecule has 0 spiro atoms. The summed E-state index contributed by atoms with van der Waals surface area (Å²) >= 11 is 0. The zero-order valence-electron chi connectivity index (χ0n) is 15.2. The smallest absolute Gasteiger partial charge is 0.261 e. The van der Waals surface area contributed by atoms with Gasteiger partial charge in [-0.25, -0.2) is 8.42 Å². The molecular weight excluding hydrogens is 378 g/mol. The zero-order valence-corrected chi connectivity index (χ0v) is 16.0. The van der Waals surface area contributed by atoms with E-state index < -0.39 is 10.0 Å². The summed E-state index contributed by atoms with van der Waals surface area (Å²) in [6.45, 7) is 2.70. The van der Waals surface area contributed by atoms with E-state index in [1.54, 1.807) is 36.7 Å². The number of nitrogens with zero attached hydrogens (tertiary/aromatic N) is 3. The van der Waals surface area contributed by atoms with Crippen LogP contribution in [-0.2, 0) is 27.8 Å². The molecule has 1 aliphatic heterocycles. The van der Waals surface area contributed by atoms with Gasteiger partial charge < -0.3 is 9.88 Å². The predicted molar refractivity (Wildman–Crippen MR) is 105 cm³/mol. The van der Waals surface area contributed by atoms with Crippen LogP contribution in [0.1, 0.15) is 18.9 Å². The van der Waals surface area contributed by atoms with E-state index >= 15 is 0 Å². The standard InChI is InChI=1S/C19H19N5O3S/c1-2-24-12-20-22-19(24)14-4-3-5-15(10-14)23-28(26,27)16-7-8-17-13(11-16)6-9-18(25)21-17/h3-5,7-8,10-12,23H,2,6,9H2,1H3,(H,21,25). The highest BCUT2D eigenvalue weighted by Crippen LogP contribution is 2.27. The van der Waals surface area contributed by atoms with E-state index in [4.69, 9.17) is 0 Å². The first-order valence-electron chi connectivity index (χ1n) is 8.90. The molecule has 1 aliphatic rings. The molecule has 144 valence electrons. The zero-order chi connectivity index (χ0) is 19.7. The summed E-state index contributed by atoms with van der Waals surface area (Å²) in [6, 6.07) is 11.8.